The number of methoxy groups -OCH3 is 1. The van der Waals surface area contributed by atoms with Gasteiger partial charge < -0.3 is 20.1 Å². The summed E-state index contributed by atoms with van der Waals surface area (Å²) in [7, 11) is 1.61. The molecule has 0 radical (unpaired) electrons. The summed E-state index contributed by atoms with van der Waals surface area (Å²) in [6.45, 7) is 4.49. The predicted octanol–water partition coefficient (Wildman–Crippen LogP) is 3.34. The lowest BCUT2D eigenvalue weighted by molar-refractivity contribution is -0.114. The van der Waals surface area contributed by atoms with Crippen LogP contribution in [0.4, 0.5) is 11.4 Å². The standard InChI is InChI=1S/C23H28N4O4/c1-15-6-7-17(13-21(15)25-16(2)28)22(29)27-23(24-14-20-5-4-12-31-20)26-18-8-10-19(30-3)11-9-18/h6-11,13,20H,4-5,12,14H2,1-3H3,(H,25,28)(H2,24,26,27,29)/t20-/m0/s1. The van der Waals surface area contributed by atoms with Crippen LogP contribution >= 0.6 is 0 Å². The van der Waals surface area contributed by atoms with Gasteiger partial charge in [-0.3, -0.25) is 14.9 Å². The molecule has 8 nitrogen and oxygen atoms in total. The van der Waals surface area contributed by atoms with Crippen molar-refractivity contribution >= 4 is 29.1 Å². The zero-order chi connectivity index (χ0) is 22.2. The smallest absolute Gasteiger partial charge is 0.258 e. The third-order valence-corrected chi connectivity index (χ3v) is 4.87. The first kappa shape index (κ1) is 22.3. The van der Waals surface area contributed by atoms with Crippen molar-refractivity contribution in [3.05, 3.63) is 53.6 Å². The van der Waals surface area contributed by atoms with E-state index in [9.17, 15) is 9.59 Å². The molecule has 0 aromatic heterocycles. The van der Waals surface area contributed by atoms with Gasteiger partial charge >= 0.3 is 0 Å². The Bertz CT molecular complexity index is 951. The van der Waals surface area contributed by atoms with Crippen molar-refractivity contribution in [2.24, 2.45) is 4.99 Å². The van der Waals surface area contributed by atoms with Crippen molar-refractivity contribution in [3.8, 4) is 5.75 Å². The second-order valence-corrected chi connectivity index (χ2v) is 7.34. The number of amides is 2. The molecule has 0 unspecified atom stereocenters. The minimum absolute atomic E-state index is 0.0512. The van der Waals surface area contributed by atoms with Crippen LogP contribution in [0.25, 0.3) is 0 Å². The van der Waals surface area contributed by atoms with Crippen molar-refractivity contribution < 1.29 is 19.1 Å². The highest BCUT2D eigenvalue weighted by molar-refractivity contribution is 6.10. The minimum atomic E-state index is -0.335. The molecule has 1 fully saturated rings. The second kappa shape index (κ2) is 10.6. The van der Waals surface area contributed by atoms with Gasteiger partial charge in [-0.05, 0) is 61.7 Å². The molecule has 2 aromatic carbocycles. The number of carbonyl (C=O) groups is 2. The zero-order valence-corrected chi connectivity index (χ0v) is 18.0. The van der Waals surface area contributed by atoms with Gasteiger partial charge in [-0.1, -0.05) is 6.07 Å². The van der Waals surface area contributed by atoms with Crippen molar-refractivity contribution in [2.75, 3.05) is 30.9 Å². The SMILES string of the molecule is COc1ccc(NC(=NC[C@@H]2CCCO2)NC(=O)c2ccc(C)c(NC(C)=O)c2)cc1. The minimum Gasteiger partial charge on any atom is -0.497 e. The van der Waals surface area contributed by atoms with Gasteiger partial charge in [0, 0.05) is 30.5 Å². The molecule has 3 rings (SSSR count). The van der Waals surface area contributed by atoms with Crippen LogP contribution in [0.5, 0.6) is 5.75 Å². The first-order chi connectivity index (χ1) is 14.9. The van der Waals surface area contributed by atoms with Crippen LogP contribution in [0.2, 0.25) is 0 Å². The number of guanidine groups is 1. The highest BCUT2D eigenvalue weighted by Crippen LogP contribution is 2.18. The largest absolute Gasteiger partial charge is 0.497 e. The van der Waals surface area contributed by atoms with Gasteiger partial charge in [-0.2, -0.15) is 0 Å². The fourth-order valence-electron chi connectivity index (χ4n) is 3.17. The first-order valence-electron chi connectivity index (χ1n) is 10.2. The molecule has 164 valence electrons. The van der Waals surface area contributed by atoms with E-state index in [0.29, 0.717) is 23.8 Å². The lowest BCUT2D eigenvalue weighted by Crippen LogP contribution is -2.36. The van der Waals surface area contributed by atoms with E-state index in [1.807, 2.05) is 31.2 Å². The number of hydrogen-bond donors (Lipinski definition) is 3. The van der Waals surface area contributed by atoms with Crippen molar-refractivity contribution in [2.45, 2.75) is 32.8 Å². The number of hydrogen-bond acceptors (Lipinski definition) is 5. The van der Waals surface area contributed by atoms with Gasteiger partial charge in [0.1, 0.15) is 5.75 Å². The average molecular weight is 425 g/mol. The predicted molar refractivity (Wildman–Crippen MR) is 121 cm³/mol. The molecule has 2 aromatic rings. The lowest BCUT2D eigenvalue weighted by atomic mass is 10.1. The quantitative estimate of drug-likeness (QED) is 0.488. The summed E-state index contributed by atoms with van der Waals surface area (Å²) in [5.74, 6) is 0.532. The third-order valence-electron chi connectivity index (χ3n) is 4.87. The van der Waals surface area contributed by atoms with Crippen LogP contribution in [0.15, 0.2) is 47.5 Å². The van der Waals surface area contributed by atoms with Crippen LogP contribution in [0, 0.1) is 6.92 Å². The summed E-state index contributed by atoms with van der Waals surface area (Å²) >= 11 is 0. The summed E-state index contributed by atoms with van der Waals surface area (Å²) in [5.41, 5.74) is 2.64. The Hall–Kier alpha value is -3.39. The summed E-state index contributed by atoms with van der Waals surface area (Å²) < 4.78 is 10.8. The summed E-state index contributed by atoms with van der Waals surface area (Å²) in [5, 5.41) is 8.73. The Labute approximate surface area is 182 Å². The van der Waals surface area contributed by atoms with Gasteiger partial charge in [-0.15, -0.1) is 0 Å². The number of rotatable bonds is 6. The Kier molecular flexibility index (Phi) is 7.61. The molecule has 0 spiro atoms. The summed E-state index contributed by atoms with van der Waals surface area (Å²) in [4.78, 5) is 28.9. The Morgan fingerprint density at radius 1 is 1.16 bits per heavy atom. The second-order valence-electron chi connectivity index (χ2n) is 7.34. The molecule has 2 amide bonds. The van der Waals surface area contributed by atoms with Crippen molar-refractivity contribution in [1.82, 2.24) is 5.32 Å². The molecule has 0 aliphatic carbocycles. The van der Waals surface area contributed by atoms with Gasteiger partial charge in [0.25, 0.3) is 5.91 Å². The van der Waals surface area contributed by atoms with Gasteiger partial charge in [-0.25, -0.2) is 4.99 Å². The number of aryl methyl sites for hydroxylation is 1. The lowest BCUT2D eigenvalue weighted by Gasteiger charge is -2.14. The molecule has 8 heteroatoms. The van der Waals surface area contributed by atoms with E-state index in [4.69, 9.17) is 9.47 Å². The molecule has 31 heavy (non-hydrogen) atoms. The Morgan fingerprint density at radius 2 is 1.94 bits per heavy atom. The molecule has 3 N–H and O–H groups in total. The van der Waals surface area contributed by atoms with Gasteiger partial charge in [0.2, 0.25) is 11.9 Å². The summed E-state index contributed by atoms with van der Waals surface area (Å²) in [6, 6.07) is 12.5. The molecule has 1 atom stereocenters. The molecule has 1 aliphatic heterocycles. The topological polar surface area (TPSA) is 101 Å². The van der Waals surface area contributed by atoms with Gasteiger partial charge in [0.15, 0.2) is 0 Å². The van der Waals surface area contributed by atoms with E-state index >= 15 is 0 Å². The van der Waals surface area contributed by atoms with Gasteiger partial charge in [0.05, 0.1) is 19.8 Å². The van der Waals surface area contributed by atoms with Crippen molar-refractivity contribution in [1.29, 1.82) is 0 Å². The van der Waals surface area contributed by atoms with Crippen LogP contribution in [0.3, 0.4) is 0 Å². The average Bonchev–Trinajstić information content (AvgIpc) is 3.27. The number of nitrogens with zero attached hydrogens (tertiary/aromatic N) is 1. The van der Waals surface area contributed by atoms with E-state index < -0.39 is 0 Å². The molecular formula is C23H28N4O4. The molecule has 1 heterocycles. The molecule has 1 saturated heterocycles. The van der Waals surface area contributed by atoms with E-state index in [0.717, 1.165) is 36.4 Å². The Morgan fingerprint density at radius 3 is 2.58 bits per heavy atom. The molecular weight excluding hydrogens is 396 g/mol. The van der Waals surface area contributed by atoms with Crippen LogP contribution in [-0.2, 0) is 9.53 Å². The summed E-state index contributed by atoms with van der Waals surface area (Å²) in [6.07, 6.45) is 2.02. The Balaban J connectivity index is 1.77. The highest BCUT2D eigenvalue weighted by Gasteiger charge is 2.16. The number of nitrogens with one attached hydrogen (secondary N) is 3. The number of anilines is 2. The number of carbonyl (C=O) groups excluding carboxylic acids is 2. The fraction of sp³-hybridized carbons (Fsp3) is 0.348. The van der Waals surface area contributed by atoms with Crippen LogP contribution in [-0.4, -0.2) is 44.1 Å². The maximum Gasteiger partial charge on any atom is 0.258 e. The van der Waals surface area contributed by atoms with Crippen LogP contribution in [0.1, 0.15) is 35.7 Å². The monoisotopic (exact) mass is 424 g/mol. The van der Waals surface area contributed by atoms with E-state index in [2.05, 4.69) is 20.9 Å². The van der Waals surface area contributed by atoms with E-state index in [1.54, 1.807) is 25.3 Å². The third kappa shape index (κ3) is 6.55. The highest BCUT2D eigenvalue weighted by atomic mass is 16.5. The van der Waals surface area contributed by atoms with E-state index in [-0.39, 0.29) is 17.9 Å². The van der Waals surface area contributed by atoms with Crippen LogP contribution < -0.4 is 20.7 Å². The molecule has 0 bridgehead atoms. The maximum absolute atomic E-state index is 12.9. The normalized spacial score (nSPS) is 16.0. The zero-order valence-electron chi connectivity index (χ0n) is 18.0. The fourth-order valence-corrected chi connectivity index (χ4v) is 3.17. The van der Waals surface area contributed by atoms with Crippen molar-refractivity contribution in [3.63, 3.8) is 0 Å². The number of benzene rings is 2. The van der Waals surface area contributed by atoms with E-state index in [1.165, 1.54) is 6.92 Å². The number of ether oxygens (including phenoxy) is 2. The first-order valence-corrected chi connectivity index (χ1v) is 10.2. The molecule has 0 saturated carbocycles. The number of aliphatic imine (C=N–C) groups is 1. The maximum atomic E-state index is 12.9. The molecule has 1 aliphatic rings.